The molecule has 0 atom stereocenters. The first-order valence-electron chi connectivity index (χ1n) is 4.69. The summed E-state index contributed by atoms with van der Waals surface area (Å²) in [5.74, 6) is 0. The van der Waals surface area contributed by atoms with Gasteiger partial charge in [0.05, 0.1) is 4.01 Å². The molecular formula is C12H6S3. The third-order valence-electron chi connectivity index (χ3n) is 2.68. The zero-order valence-corrected chi connectivity index (χ0v) is 10.1. The largest absolute Gasteiger partial charge is 0.144 e. The summed E-state index contributed by atoms with van der Waals surface area (Å²) in [6, 6.07) is 9.09. The highest BCUT2D eigenvalue weighted by Crippen LogP contribution is 2.39. The number of benzene rings is 1. The maximum absolute atomic E-state index is 2.33. The smallest absolute Gasteiger partial charge is 0.0877 e. The van der Waals surface area contributed by atoms with Crippen LogP contribution in [0.1, 0.15) is 0 Å². The average Bonchev–Trinajstić information content (AvgIpc) is 2.86. The van der Waals surface area contributed by atoms with Crippen LogP contribution >= 0.6 is 34.0 Å². The first-order chi connectivity index (χ1) is 7.42. The Hall–Kier alpha value is -0.900. The second kappa shape index (κ2) is 2.82. The van der Waals surface area contributed by atoms with Gasteiger partial charge in [0, 0.05) is 20.2 Å². The van der Waals surface area contributed by atoms with E-state index in [2.05, 4.69) is 35.0 Å². The van der Waals surface area contributed by atoms with Crippen molar-refractivity contribution in [3.63, 3.8) is 0 Å². The van der Waals surface area contributed by atoms with Crippen LogP contribution in [-0.4, -0.2) is 0 Å². The lowest BCUT2D eigenvalue weighted by Gasteiger charge is -1.91. The number of thiophene rings is 3. The van der Waals surface area contributed by atoms with Crippen LogP contribution in [0.5, 0.6) is 0 Å². The van der Waals surface area contributed by atoms with Crippen molar-refractivity contribution >= 4 is 63.6 Å². The second-order valence-electron chi connectivity index (χ2n) is 3.53. The first-order valence-corrected chi connectivity index (χ1v) is 7.26. The van der Waals surface area contributed by atoms with E-state index in [0.29, 0.717) is 0 Å². The third-order valence-corrected chi connectivity index (χ3v) is 5.76. The van der Waals surface area contributed by atoms with Gasteiger partial charge in [0.25, 0.3) is 0 Å². The third kappa shape index (κ3) is 1.06. The minimum atomic E-state index is 1.37. The molecule has 1 aromatic carbocycles. The standard InChI is InChI=1S/C12H6S3/c1-3-13-10-6-11-9(5-7(1)10)8-2-4-14-12(8)15-11/h1-6H. The number of hydrogen-bond donors (Lipinski definition) is 0. The first kappa shape index (κ1) is 8.28. The Morgan fingerprint density at radius 3 is 2.73 bits per heavy atom. The molecular weight excluding hydrogens is 240 g/mol. The van der Waals surface area contributed by atoms with Crippen LogP contribution in [0.2, 0.25) is 0 Å². The second-order valence-corrected chi connectivity index (χ2v) is 6.71. The van der Waals surface area contributed by atoms with Crippen LogP contribution in [0, 0.1) is 0 Å². The Morgan fingerprint density at radius 2 is 1.73 bits per heavy atom. The molecule has 0 unspecified atom stereocenters. The molecule has 3 aromatic heterocycles. The van der Waals surface area contributed by atoms with Crippen molar-refractivity contribution in [1.82, 2.24) is 0 Å². The van der Waals surface area contributed by atoms with Crippen molar-refractivity contribution in [2.75, 3.05) is 0 Å². The molecule has 4 rings (SSSR count). The topological polar surface area (TPSA) is 0 Å². The van der Waals surface area contributed by atoms with E-state index in [1.165, 1.54) is 29.6 Å². The van der Waals surface area contributed by atoms with Gasteiger partial charge < -0.3 is 0 Å². The number of fused-ring (bicyclic) bond motifs is 4. The van der Waals surface area contributed by atoms with Crippen molar-refractivity contribution in [3.05, 3.63) is 35.0 Å². The van der Waals surface area contributed by atoms with E-state index in [0.717, 1.165) is 0 Å². The molecule has 0 aliphatic heterocycles. The van der Waals surface area contributed by atoms with Crippen LogP contribution in [0.3, 0.4) is 0 Å². The molecule has 3 heterocycles. The Kier molecular flexibility index (Phi) is 1.55. The van der Waals surface area contributed by atoms with E-state index in [9.17, 15) is 0 Å². The van der Waals surface area contributed by atoms with Gasteiger partial charge in [-0.2, -0.15) is 0 Å². The lowest BCUT2D eigenvalue weighted by molar-refractivity contribution is 2.05. The fourth-order valence-electron chi connectivity index (χ4n) is 1.96. The average molecular weight is 246 g/mol. The molecule has 0 spiro atoms. The molecule has 3 heteroatoms. The van der Waals surface area contributed by atoms with Crippen LogP contribution in [-0.2, 0) is 0 Å². The molecule has 0 aliphatic rings. The summed E-state index contributed by atoms with van der Waals surface area (Å²) in [6.07, 6.45) is 0. The van der Waals surface area contributed by atoms with Gasteiger partial charge in [0.1, 0.15) is 0 Å². The quantitative estimate of drug-likeness (QED) is 0.393. The highest BCUT2D eigenvalue weighted by molar-refractivity contribution is 7.41. The van der Waals surface area contributed by atoms with Gasteiger partial charge in [-0.25, -0.2) is 0 Å². The maximum atomic E-state index is 2.33. The van der Waals surface area contributed by atoms with Gasteiger partial charge in [-0.05, 0) is 40.4 Å². The molecule has 0 bridgehead atoms. The van der Waals surface area contributed by atoms with Crippen LogP contribution in [0.25, 0.3) is 29.6 Å². The Balaban J connectivity index is 2.35. The molecule has 15 heavy (non-hydrogen) atoms. The van der Waals surface area contributed by atoms with E-state index in [1.54, 1.807) is 0 Å². The minimum absolute atomic E-state index is 1.37. The maximum Gasteiger partial charge on any atom is 0.0877 e. The van der Waals surface area contributed by atoms with Crippen LogP contribution in [0.4, 0.5) is 0 Å². The van der Waals surface area contributed by atoms with Crippen molar-refractivity contribution in [3.8, 4) is 0 Å². The molecule has 0 saturated heterocycles. The lowest BCUT2D eigenvalue weighted by atomic mass is 10.2. The Labute approximate surface area is 98.4 Å². The van der Waals surface area contributed by atoms with Gasteiger partial charge in [-0.3, -0.25) is 0 Å². The SMILES string of the molecule is c1cc2cc3c(cc2s1)sc1sccc13. The summed E-state index contributed by atoms with van der Waals surface area (Å²) in [6.45, 7) is 0. The summed E-state index contributed by atoms with van der Waals surface area (Å²) in [5.41, 5.74) is 0. The van der Waals surface area contributed by atoms with Gasteiger partial charge in [0.15, 0.2) is 0 Å². The summed E-state index contributed by atoms with van der Waals surface area (Å²) in [4.78, 5) is 0. The van der Waals surface area contributed by atoms with Gasteiger partial charge >= 0.3 is 0 Å². The highest BCUT2D eigenvalue weighted by atomic mass is 32.2. The van der Waals surface area contributed by atoms with E-state index in [1.807, 2.05) is 34.0 Å². The number of hydrogen-bond acceptors (Lipinski definition) is 3. The molecule has 0 radical (unpaired) electrons. The fraction of sp³-hybridized carbons (Fsp3) is 0. The summed E-state index contributed by atoms with van der Waals surface area (Å²) >= 11 is 5.58. The summed E-state index contributed by atoms with van der Waals surface area (Å²) < 4.78 is 4.27. The molecule has 0 amide bonds. The van der Waals surface area contributed by atoms with Crippen molar-refractivity contribution in [2.45, 2.75) is 0 Å². The van der Waals surface area contributed by atoms with E-state index < -0.39 is 0 Å². The molecule has 0 nitrogen and oxygen atoms in total. The van der Waals surface area contributed by atoms with Gasteiger partial charge in [-0.1, -0.05) is 0 Å². The summed E-state index contributed by atoms with van der Waals surface area (Å²) in [5, 5.41) is 8.56. The van der Waals surface area contributed by atoms with E-state index in [4.69, 9.17) is 0 Å². The molecule has 72 valence electrons. The van der Waals surface area contributed by atoms with Crippen LogP contribution in [0.15, 0.2) is 35.0 Å². The molecule has 0 fully saturated rings. The van der Waals surface area contributed by atoms with Gasteiger partial charge in [0.2, 0.25) is 0 Å². The monoisotopic (exact) mass is 246 g/mol. The van der Waals surface area contributed by atoms with Gasteiger partial charge in [-0.15, -0.1) is 34.0 Å². The molecule has 4 aromatic rings. The predicted molar refractivity (Wildman–Crippen MR) is 72.6 cm³/mol. The molecule has 0 saturated carbocycles. The van der Waals surface area contributed by atoms with Crippen LogP contribution < -0.4 is 0 Å². The zero-order valence-electron chi connectivity index (χ0n) is 7.69. The number of rotatable bonds is 0. The minimum Gasteiger partial charge on any atom is -0.144 e. The highest BCUT2D eigenvalue weighted by Gasteiger charge is 2.07. The lowest BCUT2D eigenvalue weighted by Crippen LogP contribution is -1.63. The van der Waals surface area contributed by atoms with Crippen molar-refractivity contribution in [2.24, 2.45) is 0 Å². The molecule has 0 aliphatic carbocycles. The summed E-state index contributed by atoms with van der Waals surface area (Å²) in [7, 11) is 0. The molecule has 0 N–H and O–H groups in total. The van der Waals surface area contributed by atoms with E-state index >= 15 is 0 Å². The predicted octanol–water partition coefficient (Wildman–Crippen LogP) is 5.33. The van der Waals surface area contributed by atoms with E-state index in [-0.39, 0.29) is 0 Å². The fourth-order valence-corrected chi connectivity index (χ4v) is 5.05. The Bertz CT molecular complexity index is 764. The van der Waals surface area contributed by atoms with Crippen molar-refractivity contribution < 1.29 is 0 Å². The van der Waals surface area contributed by atoms with Crippen molar-refractivity contribution in [1.29, 1.82) is 0 Å². The zero-order chi connectivity index (χ0) is 9.83. The normalized spacial score (nSPS) is 12.0. The Morgan fingerprint density at radius 1 is 0.800 bits per heavy atom.